The van der Waals surface area contributed by atoms with Crippen molar-refractivity contribution < 1.29 is 9.63 Å². The van der Waals surface area contributed by atoms with Crippen molar-refractivity contribution in [1.29, 1.82) is 0 Å². The van der Waals surface area contributed by atoms with Gasteiger partial charge in [0.2, 0.25) is 0 Å². The normalized spacial score (nSPS) is 12.4. The van der Waals surface area contributed by atoms with Gasteiger partial charge in [0.1, 0.15) is 5.82 Å². The lowest BCUT2D eigenvalue weighted by Crippen LogP contribution is -2.13. The molecule has 4 aromatic rings. The second kappa shape index (κ2) is 7.78. The predicted molar refractivity (Wildman–Crippen MR) is 109 cm³/mol. The molecular weight excluding hydrogens is 352 g/mol. The number of hydrogen-bond donors (Lipinski definition) is 2. The van der Waals surface area contributed by atoms with Crippen molar-refractivity contribution in [2.75, 3.05) is 11.9 Å². The molecule has 0 saturated carbocycles. The molecule has 0 spiro atoms. The van der Waals surface area contributed by atoms with Gasteiger partial charge in [-0.1, -0.05) is 55.4 Å². The Morgan fingerprint density at radius 3 is 2.64 bits per heavy atom. The van der Waals surface area contributed by atoms with Gasteiger partial charge in [0, 0.05) is 24.2 Å². The highest BCUT2D eigenvalue weighted by atomic mass is 16.5. The lowest BCUT2D eigenvalue weighted by atomic mass is 10.0. The number of nitrogens with one attached hydrogen (secondary N) is 1. The number of anilines is 1. The van der Waals surface area contributed by atoms with E-state index in [0.717, 1.165) is 21.9 Å². The van der Waals surface area contributed by atoms with Crippen LogP contribution < -0.4 is 5.32 Å². The van der Waals surface area contributed by atoms with E-state index in [0.29, 0.717) is 24.1 Å². The molecule has 2 heterocycles. The monoisotopic (exact) mass is 374 g/mol. The predicted octanol–water partition coefficient (Wildman–Crippen LogP) is 4.55. The number of hydrogen-bond acceptors (Lipinski definition) is 6. The van der Waals surface area contributed by atoms with Crippen LogP contribution in [0.15, 0.2) is 65.3 Å². The van der Waals surface area contributed by atoms with E-state index in [1.807, 2.05) is 62.4 Å². The average molecular weight is 374 g/mol. The molecule has 2 N–H and O–H groups in total. The van der Waals surface area contributed by atoms with Gasteiger partial charge in [-0.05, 0) is 34.5 Å². The summed E-state index contributed by atoms with van der Waals surface area (Å²) < 4.78 is 5.34. The van der Waals surface area contributed by atoms with E-state index >= 15 is 0 Å². The maximum absolute atomic E-state index is 10.6. The number of aromatic nitrogens is 3. The molecule has 0 saturated heterocycles. The van der Waals surface area contributed by atoms with Crippen molar-refractivity contribution in [3.63, 3.8) is 0 Å². The van der Waals surface area contributed by atoms with Crippen LogP contribution in [0.5, 0.6) is 0 Å². The largest absolute Gasteiger partial charge is 0.387 e. The first-order valence-electron chi connectivity index (χ1n) is 9.31. The van der Waals surface area contributed by atoms with E-state index in [-0.39, 0.29) is 5.92 Å². The Morgan fingerprint density at radius 1 is 1.04 bits per heavy atom. The summed E-state index contributed by atoms with van der Waals surface area (Å²) in [6, 6.07) is 17.7. The SMILES string of the molecule is CC(C)c1noc(-c2ccnc(NCC(O)c3ccc4ccccc4c3)c2)n1. The molecule has 0 fully saturated rings. The molecule has 28 heavy (non-hydrogen) atoms. The van der Waals surface area contributed by atoms with E-state index in [4.69, 9.17) is 4.52 Å². The molecule has 142 valence electrons. The van der Waals surface area contributed by atoms with Crippen LogP contribution in [0, 0.1) is 0 Å². The quantitative estimate of drug-likeness (QED) is 0.515. The van der Waals surface area contributed by atoms with Gasteiger partial charge >= 0.3 is 0 Å². The standard InChI is InChI=1S/C22H22N4O2/c1-14(2)21-25-22(28-26-21)18-9-10-23-20(12-18)24-13-19(27)17-8-7-15-5-3-4-6-16(15)11-17/h3-12,14,19,27H,13H2,1-2H3,(H,23,24). The number of rotatable bonds is 6. The fraction of sp³-hybridized carbons (Fsp3) is 0.227. The highest BCUT2D eigenvalue weighted by Crippen LogP contribution is 2.23. The third-order valence-electron chi connectivity index (χ3n) is 4.60. The van der Waals surface area contributed by atoms with Gasteiger partial charge in [-0.15, -0.1) is 0 Å². The van der Waals surface area contributed by atoms with Crippen molar-refractivity contribution in [2.24, 2.45) is 0 Å². The zero-order valence-electron chi connectivity index (χ0n) is 15.8. The number of aliphatic hydroxyl groups excluding tert-OH is 1. The molecule has 0 aliphatic carbocycles. The van der Waals surface area contributed by atoms with Gasteiger partial charge in [0.25, 0.3) is 5.89 Å². The van der Waals surface area contributed by atoms with Gasteiger partial charge in [0.15, 0.2) is 5.82 Å². The van der Waals surface area contributed by atoms with Crippen LogP contribution in [0.3, 0.4) is 0 Å². The molecule has 1 unspecified atom stereocenters. The Bertz CT molecular complexity index is 1090. The molecule has 2 aromatic heterocycles. The topological polar surface area (TPSA) is 84.1 Å². The highest BCUT2D eigenvalue weighted by Gasteiger charge is 2.13. The smallest absolute Gasteiger partial charge is 0.258 e. The number of fused-ring (bicyclic) bond motifs is 1. The summed E-state index contributed by atoms with van der Waals surface area (Å²) in [6.07, 6.45) is 1.03. The second-order valence-electron chi connectivity index (χ2n) is 7.05. The summed E-state index contributed by atoms with van der Waals surface area (Å²) in [4.78, 5) is 8.72. The Morgan fingerprint density at radius 2 is 1.86 bits per heavy atom. The van der Waals surface area contributed by atoms with E-state index in [1.54, 1.807) is 6.20 Å². The fourth-order valence-electron chi connectivity index (χ4n) is 2.98. The first-order valence-corrected chi connectivity index (χ1v) is 9.31. The number of pyridine rings is 1. The van der Waals surface area contributed by atoms with Gasteiger partial charge in [-0.3, -0.25) is 0 Å². The van der Waals surface area contributed by atoms with Crippen LogP contribution in [-0.2, 0) is 0 Å². The molecule has 0 radical (unpaired) electrons. The molecule has 0 bridgehead atoms. The van der Waals surface area contributed by atoms with Crippen LogP contribution in [0.25, 0.3) is 22.2 Å². The Labute approximate surface area is 163 Å². The van der Waals surface area contributed by atoms with Crippen LogP contribution in [0.2, 0.25) is 0 Å². The van der Waals surface area contributed by atoms with E-state index in [9.17, 15) is 5.11 Å². The van der Waals surface area contributed by atoms with Gasteiger partial charge in [-0.2, -0.15) is 4.98 Å². The van der Waals surface area contributed by atoms with Crippen LogP contribution >= 0.6 is 0 Å². The summed E-state index contributed by atoms with van der Waals surface area (Å²) in [6.45, 7) is 4.38. The molecule has 2 aromatic carbocycles. The zero-order valence-corrected chi connectivity index (χ0v) is 15.8. The van der Waals surface area contributed by atoms with Crippen molar-refractivity contribution in [3.05, 3.63) is 72.2 Å². The van der Waals surface area contributed by atoms with Crippen molar-refractivity contribution in [3.8, 4) is 11.5 Å². The summed E-state index contributed by atoms with van der Waals surface area (Å²) >= 11 is 0. The first kappa shape index (κ1) is 18.1. The molecular formula is C22H22N4O2. The molecule has 6 nitrogen and oxygen atoms in total. The van der Waals surface area contributed by atoms with E-state index in [2.05, 4.69) is 26.5 Å². The van der Waals surface area contributed by atoms with Crippen molar-refractivity contribution >= 4 is 16.6 Å². The van der Waals surface area contributed by atoms with Gasteiger partial charge < -0.3 is 14.9 Å². The third kappa shape index (κ3) is 3.87. The Hall–Kier alpha value is -3.25. The van der Waals surface area contributed by atoms with Crippen molar-refractivity contribution in [1.82, 2.24) is 15.1 Å². The van der Waals surface area contributed by atoms with Crippen molar-refractivity contribution in [2.45, 2.75) is 25.9 Å². The highest BCUT2D eigenvalue weighted by molar-refractivity contribution is 5.83. The van der Waals surface area contributed by atoms with Gasteiger partial charge in [0.05, 0.1) is 6.10 Å². The summed E-state index contributed by atoms with van der Waals surface area (Å²) in [7, 11) is 0. The first-order chi connectivity index (χ1) is 13.6. The fourth-order valence-corrected chi connectivity index (χ4v) is 2.98. The lowest BCUT2D eigenvalue weighted by Gasteiger charge is -2.13. The maximum atomic E-state index is 10.6. The second-order valence-corrected chi connectivity index (χ2v) is 7.05. The van der Waals surface area contributed by atoms with Crippen LogP contribution in [0.1, 0.15) is 37.3 Å². The number of benzene rings is 2. The minimum absolute atomic E-state index is 0.203. The molecule has 6 heteroatoms. The van der Waals surface area contributed by atoms with E-state index < -0.39 is 6.10 Å². The lowest BCUT2D eigenvalue weighted by molar-refractivity contribution is 0.191. The summed E-state index contributed by atoms with van der Waals surface area (Å²) in [5.41, 5.74) is 1.65. The number of aliphatic hydroxyl groups is 1. The maximum Gasteiger partial charge on any atom is 0.258 e. The van der Waals surface area contributed by atoms with Gasteiger partial charge in [-0.25, -0.2) is 4.98 Å². The van der Waals surface area contributed by atoms with Crippen LogP contribution in [-0.4, -0.2) is 26.8 Å². The van der Waals surface area contributed by atoms with E-state index in [1.165, 1.54) is 0 Å². The molecule has 0 aliphatic heterocycles. The minimum Gasteiger partial charge on any atom is -0.387 e. The summed E-state index contributed by atoms with van der Waals surface area (Å²) in [5, 5.41) is 20.0. The third-order valence-corrected chi connectivity index (χ3v) is 4.60. The molecule has 1 atom stereocenters. The number of nitrogens with zero attached hydrogens (tertiary/aromatic N) is 3. The Balaban J connectivity index is 1.46. The molecule has 0 aliphatic rings. The summed E-state index contributed by atoms with van der Waals surface area (Å²) in [5.74, 6) is 1.98. The molecule has 4 rings (SSSR count). The Kier molecular flexibility index (Phi) is 5.04. The minimum atomic E-state index is -0.647. The average Bonchev–Trinajstić information content (AvgIpc) is 3.22. The molecule has 0 amide bonds. The van der Waals surface area contributed by atoms with Crippen LogP contribution in [0.4, 0.5) is 5.82 Å². The zero-order chi connectivity index (χ0) is 19.5.